The Labute approximate surface area is 163 Å². The van der Waals surface area contributed by atoms with E-state index < -0.39 is 4.92 Å². The first-order valence-corrected chi connectivity index (χ1v) is 9.06. The van der Waals surface area contributed by atoms with Crippen molar-refractivity contribution in [3.05, 3.63) is 64.2 Å². The van der Waals surface area contributed by atoms with Crippen LogP contribution in [0.4, 0.5) is 5.69 Å². The molecule has 1 fully saturated rings. The van der Waals surface area contributed by atoms with Crippen LogP contribution in [0.2, 0.25) is 0 Å². The fraction of sp³-hybridized carbons (Fsp3) is 0.350. The van der Waals surface area contributed by atoms with Crippen LogP contribution in [0, 0.1) is 10.1 Å². The second-order valence-electron chi connectivity index (χ2n) is 6.52. The molecule has 0 N–H and O–H groups in total. The lowest BCUT2D eigenvalue weighted by molar-refractivity contribution is -0.385. The number of amides is 1. The van der Waals surface area contributed by atoms with Crippen molar-refractivity contribution < 1.29 is 19.2 Å². The summed E-state index contributed by atoms with van der Waals surface area (Å²) in [6, 6.07) is 14.4. The second kappa shape index (κ2) is 9.18. The number of benzene rings is 2. The largest absolute Gasteiger partial charge is 0.490 e. The van der Waals surface area contributed by atoms with E-state index in [2.05, 4.69) is 17.0 Å². The quantitative estimate of drug-likeness (QED) is 0.537. The highest BCUT2D eigenvalue weighted by Crippen LogP contribution is 2.30. The summed E-state index contributed by atoms with van der Waals surface area (Å²) < 4.78 is 10.5. The molecule has 1 heterocycles. The van der Waals surface area contributed by atoms with Crippen LogP contribution in [0.5, 0.6) is 11.5 Å². The Morgan fingerprint density at radius 2 is 1.82 bits per heavy atom. The van der Waals surface area contributed by atoms with Crippen LogP contribution < -0.4 is 9.47 Å². The van der Waals surface area contributed by atoms with Crippen LogP contribution in [0.1, 0.15) is 5.56 Å². The van der Waals surface area contributed by atoms with E-state index in [-0.39, 0.29) is 24.0 Å². The summed E-state index contributed by atoms with van der Waals surface area (Å²) in [6.07, 6.45) is 0. The third-order valence-electron chi connectivity index (χ3n) is 4.68. The molecular formula is C20H23N3O5. The van der Waals surface area contributed by atoms with Crippen molar-refractivity contribution in [2.45, 2.75) is 6.54 Å². The number of nitro benzene ring substituents is 1. The van der Waals surface area contributed by atoms with Gasteiger partial charge in [0.1, 0.15) is 5.75 Å². The van der Waals surface area contributed by atoms with Crippen molar-refractivity contribution in [3.63, 3.8) is 0 Å². The van der Waals surface area contributed by atoms with Crippen molar-refractivity contribution in [3.8, 4) is 11.5 Å². The Kier molecular flexibility index (Phi) is 6.44. The lowest BCUT2D eigenvalue weighted by Crippen LogP contribution is -2.49. The van der Waals surface area contributed by atoms with E-state index >= 15 is 0 Å². The van der Waals surface area contributed by atoms with Gasteiger partial charge in [0.25, 0.3) is 5.91 Å². The normalized spacial score (nSPS) is 14.5. The molecule has 0 spiro atoms. The molecule has 3 rings (SSSR count). The zero-order valence-electron chi connectivity index (χ0n) is 15.7. The summed E-state index contributed by atoms with van der Waals surface area (Å²) >= 11 is 0. The molecular weight excluding hydrogens is 362 g/mol. The Morgan fingerprint density at radius 1 is 1.11 bits per heavy atom. The first kappa shape index (κ1) is 19.6. The first-order valence-electron chi connectivity index (χ1n) is 9.06. The van der Waals surface area contributed by atoms with Crippen molar-refractivity contribution in [1.29, 1.82) is 0 Å². The number of hydrogen-bond acceptors (Lipinski definition) is 6. The van der Waals surface area contributed by atoms with Crippen LogP contribution in [-0.2, 0) is 11.3 Å². The average molecular weight is 385 g/mol. The van der Waals surface area contributed by atoms with Crippen LogP contribution in [-0.4, -0.2) is 60.5 Å². The van der Waals surface area contributed by atoms with Gasteiger partial charge in [0.2, 0.25) is 5.75 Å². The summed E-state index contributed by atoms with van der Waals surface area (Å²) in [5.41, 5.74) is 1.12. The number of methoxy groups -OCH3 is 1. The standard InChI is InChI=1S/C20H23N3O5/c1-27-19-13-17(7-8-18(19)23(25)26)28-15-20(24)22-11-9-21(10-12-22)14-16-5-3-2-4-6-16/h2-8,13H,9-12,14-15H2,1H3. The van der Waals surface area contributed by atoms with E-state index in [1.807, 2.05) is 18.2 Å². The molecule has 0 saturated carbocycles. The topological polar surface area (TPSA) is 85.2 Å². The Balaban J connectivity index is 1.48. The van der Waals surface area contributed by atoms with Crippen molar-refractivity contribution in [2.75, 3.05) is 39.9 Å². The number of nitro groups is 1. The zero-order valence-corrected chi connectivity index (χ0v) is 15.7. The Hall–Kier alpha value is -3.13. The van der Waals surface area contributed by atoms with E-state index in [0.29, 0.717) is 18.8 Å². The van der Waals surface area contributed by atoms with Crippen LogP contribution in [0.3, 0.4) is 0 Å². The van der Waals surface area contributed by atoms with Crippen molar-refractivity contribution in [2.24, 2.45) is 0 Å². The summed E-state index contributed by atoms with van der Waals surface area (Å²) in [5.74, 6) is 0.361. The average Bonchev–Trinajstić information content (AvgIpc) is 2.73. The third-order valence-corrected chi connectivity index (χ3v) is 4.68. The molecule has 0 bridgehead atoms. The van der Waals surface area contributed by atoms with Crippen LogP contribution in [0.15, 0.2) is 48.5 Å². The minimum atomic E-state index is -0.525. The van der Waals surface area contributed by atoms with Gasteiger partial charge in [-0.25, -0.2) is 0 Å². The fourth-order valence-corrected chi connectivity index (χ4v) is 3.13. The first-order chi connectivity index (χ1) is 13.6. The number of nitrogens with zero attached hydrogens (tertiary/aromatic N) is 3. The van der Waals surface area contributed by atoms with Gasteiger partial charge in [-0.15, -0.1) is 0 Å². The molecule has 0 atom stereocenters. The number of carbonyl (C=O) groups excluding carboxylic acids is 1. The SMILES string of the molecule is COc1cc(OCC(=O)N2CCN(Cc3ccccc3)CC2)ccc1[N+](=O)[O-]. The Morgan fingerprint density at radius 3 is 2.46 bits per heavy atom. The molecule has 1 aliphatic heterocycles. The lowest BCUT2D eigenvalue weighted by atomic mass is 10.2. The molecule has 0 aliphatic carbocycles. The Bertz CT molecular complexity index is 820. The number of piperazine rings is 1. The maximum Gasteiger partial charge on any atom is 0.311 e. The van der Waals surface area contributed by atoms with E-state index in [1.54, 1.807) is 4.90 Å². The molecule has 1 amide bonds. The minimum absolute atomic E-state index is 0.100. The van der Waals surface area contributed by atoms with E-state index in [9.17, 15) is 14.9 Å². The van der Waals surface area contributed by atoms with Gasteiger partial charge in [0, 0.05) is 44.9 Å². The highest BCUT2D eigenvalue weighted by Gasteiger charge is 2.22. The minimum Gasteiger partial charge on any atom is -0.490 e. The summed E-state index contributed by atoms with van der Waals surface area (Å²) in [5, 5.41) is 10.9. The molecule has 8 nitrogen and oxygen atoms in total. The van der Waals surface area contributed by atoms with Gasteiger partial charge in [-0.3, -0.25) is 19.8 Å². The molecule has 8 heteroatoms. The number of hydrogen-bond donors (Lipinski definition) is 0. The smallest absolute Gasteiger partial charge is 0.311 e. The maximum atomic E-state index is 12.4. The van der Waals surface area contributed by atoms with Crippen molar-refractivity contribution >= 4 is 11.6 Å². The molecule has 2 aromatic carbocycles. The van der Waals surface area contributed by atoms with Crippen molar-refractivity contribution in [1.82, 2.24) is 9.80 Å². The highest BCUT2D eigenvalue weighted by molar-refractivity contribution is 5.78. The third kappa shape index (κ3) is 4.98. The van der Waals surface area contributed by atoms with Gasteiger partial charge in [0.15, 0.2) is 6.61 Å². The number of rotatable bonds is 7. The predicted molar refractivity (Wildman–Crippen MR) is 103 cm³/mol. The number of ether oxygens (including phenoxy) is 2. The zero-order chi connectivity index (χ0) is 19.9. The molecule has 1 aliphatic rings. The highest BCUT2D eigenvalue weighted by atomic mass is 16.6. The predicted octanol–water partition coefficient (Wildman–Crippen LogP) is 2.33. The number of carbonyl (C=O) groups is 1. The van der Waals surface area contributed by atoms with E-state index in [1.165, 1.54) is 30.9 Å². The van der Waals surface area contributed by atoms with E-state index in [0.717, 1.165) is 19.6 Å². The summed E-state index contributed by atoms with van der Waals surface area (Å²) in [7, 11) is 1.35. The molecule has 1 saturated heterocycles. The second-order valence-corrected chi connectivity index (χ2v) is 6.52. The van der Waals surface area contributed by atoms with Gasteiger partial charge >= 0.3 is 5.69 Å². The molecule has 148 valence electrons. The van der Waals surface area contributed by atoms with Gasteiger partial charge in [-0.1, -0.05) is 30.3 Å². The lowest BCUT2D eigenvalue weighted by Gasteiger charge is -2.34. The summed E-state index contributed by atoms with van der Waals surface area (Å²) in [4.78, 5) is 26.9. The van der Waals surface area contributed by atoms with E-state index in [4.69, 9.17) is 9.47 Å². The summed E-state index contributed by atoms with van der Waals surface area (Å²) in [6.45, 7) is 3.69. The molecule has 0 radical (unpaired) electrons. The van der Waals surface area contributed by atoms with Gasteiger partial charge in [0.05, 0.1) is 12.0 Å². The van der Waals surface area contributed by atoms with Gasteiger partial charge in [-0.2, -0.15) is 0 Å². The van der Waals surface area contributed by atoms with Gasteiger partial charge < -0.3 is 14.4 Å². The molecule has 0 unspecified atom stereocenters. The molecule has 2 aromatic rings. The molecule has 28 heavy (non-hydrogen) atoms. The van der Waals surface area contributed by atoms with Crippen LogP contribution in [0.25, 0.3) is 0 Å². The van der Waals surface area contributed by atoms with Crippen LogP contribution >= 0.6 is 0 Å². The van der Waals surface area contributed by atoms with Gasteiger partial charge in [-0.05, 0) is 11.6 Å². The maximum absolute atomic E-state index is 12.4. The monoisotopic (exact) mass is 385 g/mol. The molecule has 0 aromatic heterocycles. The fourth-order valence-electron chi connectivity index (χ4n) is 3.13.